The van der Waals surface area contributed by atoms with Gasteiger partial charge < -0.3 is 5.32 Å². The first-order chi connectivity index (χ1) is 9.13. The molecule has 7 heteroatoms. The van der Waals surface area contributed by atoms with Crippen LogP contribution in [0.15, 0.2) is 6.07 Å². The van der Waals surface area contributed by atoms with E-state index < -0.39 is 0 Å². The normalized spacial score (nSPS) is 23.6. The van der Waals surface area contributed by atoms with E-state index in [0.29, 0.717) is 0 Å². The van der Waals surface area contributed by atoms with Gasteiger partial charge in [-0.25, -0.2) is 0 Å². The van der Waals surface area contributed by atoms with E-state index in [-0.39, 0.29) is 27.8 Å². The number of rotatable bonds is 3. The Hall–Kier alpha value is -0.910. The van der Waals surface area contributed by atoms with Crippen LogP contribution in [0.3, 0.4) is 0 Å². The number of nitrogens with zero attached hydrogens (tertiary/aromatic N) is 3. The number of hydrogen-bond acceptors (Lipinski definition) is 4. The van der Waals surface area contributed by atoms with E-state index in [4.69, 9.17) is 23.2 Å². The Labute approximate surface area is 121 Å². The monoisotopic (exact) mass is 300 g/mol. The summed E-state index contributed by atoms with van der Waals surface area (Å²) in [6, 6.07) is 2.36. The molecule has 2 fully saturated rings. The Morgan fingerprint density at radius 1 is 1.32 bits per heavy atom. The zero-order valence-electron chi connectivity index (χ0n) is 10.3. The highest BCUT2D eigenvalue weighted by molar-refractivity contribution is 6.34. The van der Waals surface area contributed by atoms with Crippen molar-refractivity contribution in [3.8, 4) is 0 Å². The fourth-order valence-corrected chi connectivity index (χ4v) is 2.78. The molecule has 0 bridgehead atoms. The van der Waals surface area contributed by atoms with Crippen LogP contribution in [-0.4, -0.2) is 46.2 Å². The van der Waals surface area contributed by atoms with Crippen molar-refractivity contribution in [3.05, 3.63) is 21.9 Å². The van der Waals surface area contributed by atoms with Crippen molar-refractivity contribution in [1.82, 2.24) is 20.4 Å². The van der Waals surface area contributed by atoms with Crippen molar-refractivity contribution in [2.75, 3.05) is 13.1 Å². The molecule has 1 N–H and O–H groups in total. The van der Waals surface area contributed by atoms with Gasteiger partial charge in [0, 0.05) is 25.2 Å². The van der Waals surface area contributed by atoms with Gasteiger partial charge in [0.2, 0.25) is 0 Å². The molecular formula is C12H14Cl2N4O. The number of nitrogens with one attached hydrogen (secondary N) is 1. The van der Waals surface area contributed by atoms with E-state index in [9.17, 15) is 4.79 Å². The van der Waals surface area contributed by atoms with Crippen LogP contribution in [0.2, 0.25) is 10.3 Å². The molecule has 1 saturated carbocycles. The molecule has 1 aliphatic heterocycles. The molecule has 5 nitrogen and oxygen atoms in total. The molecule has 0 spiro atoms. The first-order valence-corrected chi connectivity index (χ1v) is 7.12. The highest BCUT2D eigenvalue weighted by atomic mass is 35.5. The second-order valence-corrected chi connectivity index (χ2v) is 5.80. The van der Waals surface area contributed by atoms with Gasteiger partial charge in [0.05, 0.1) is 5.56 Å². The highest BCUT2D eigenvalue weighted by Gasteiger charge is 2.35. The van der Waals surface area contributed by atoms with E-state index in [1.165, 1.54) is 18.9 Å². The Morgan fingerprint density at radius 2 is 2.11 bits per heavy atom. The molecule has 102 valence electrons. The lowest BCUT2D eigenvalue weighted by Crippen LogP contribution is -2.37. The maximum absolute atomic E-state index is 12.1. The number of hydrogen-bond donors (Lipinski definition) is 1. The maximum atomic E-state index is 12.1. The average Bonchev–Trinajstić information content (AvgIpc) is 3.13. The van der Waals surface area contributed by atoms with E-state index >= 15 is 0 Å². The van der Waals surface area contributed by atoms with Gasteiger partial charge in [-0.2, -0.15) is 0 Å². The smallest absolute Gasteiger partial charge is 0.254 e. The second kappa shape index (κ2) is 5.23. The van der Waals surface area contributed by atoms with Gasteiger partial charge in [0.15, 0.2) is 10.3 Å². The molecule has 1 atom stereocenters. The zero-order chi connectivity index (χ0) is 13.4. The van der Waals surface area contributed by atoms with Crippen molar-refractivity contribution >= 4 is 29.1 Å². The minimum Gasteiger partial charge on any atom is -0.348 e. The predicted octanol–water partition coefficient (Wildman–Crippen LogP) is 1.75. The number of halogens is 2. The Morgan fingerprint density at radius 3 is 2.84 bits per heavy atom. The van der Waals surface area contributed by atoms with Crippen LogP contribution in [0.25, 0.3) is 0 Å². The summed E-state index contributed by atoms with van der Waals surface area (Å²) in [6.07, 6.45) is 3.55. The molecule has 0 aromatic carbocycles. The standard InChI is InChI=1S/C12H14Cl2N4O/c13-10-5-9(11(14)17-16-10)12(19)15-7-3-4-18(6-7)8-1-2-8/h5,7-8H,1-4,6H2,(H,15,19). The second-order valence-electron chi connectivity index (χ2n) is 5.06. The molecule has 1 aromatic rings. The average molecular weight is 301 g/mol. The van der Waals surface area contributed by atoms with E-state index in [0.717, 1.165) is 25.6 Å². The lowest BCUT2D eigenvalue weighted by Gasteiger charge is -2.15. The molecule has 2 heterocycles. The van der Waals surface area contributed by atoms with Crippen LogP contribution in [0.1, 0.15) is 29.6 Å². The Balaban J connectivity index is 1.63. The molecule has 1 aromatic heterocycles. The van der Waals surface area contributed by atoms with Crippen LogP contribution in [0.5, 0.6) is 0 Å². The molecule has 1 amide bonds. The minimum absolute atomic E-state index is 0.0824. The summed E-state index contributed by atoms with van der Waals surface area (Å²) in [6.45, 7) is 1.97. The fourth-order valence-electron chi connectivity index (χ4n) is 2.45. The quantitative estimate of drug-likeness (QED) is 0.924. The molecule has 19 heavy (non-hydrogen) atoms. The van der Waals surface area contributed by atoms with Crippen molar-refractivity contribution in [2.24, 2.45) is 0 Å². The number of carbonyl (C=O) groups excluding carboxylic acids is 1. The van der Waals surface area contributed by atoms with E-state index in [1.807, 2.05) is 0 Å². The first kappa shape index (κ1) is 13.1. The van der Waals surface area contributed by atoms with Crippen molar-refractivity contribution in [1.29, 1.82) is 0 Å². The maximum Gasteiger partial charge on any atom is 0.254 e. The van der Waals surface area contributed by atoms with Gasteiger partial charge >= 0.3 is 0 Å². The van der Waals surface area contributed by atoms with Gasteiger partial charge in [0.25, 0.3) is 5.91 Å². The van der Waals surface area contributed by atoms with Crippen molar-refractivity contribution in [2.45, 2.75) is 31.3 Å². The van der Waals surface area contributed by atoms with Gasteiger partial charge in [-0.1, -0.05) is 23.2 Å². The number of amides is 1. The van der Waals surface area contributed by atoms with E-state index in [1.54, 1.807) is 0 Å². The van der Waals surface area contributed by atoms with Crippen molar-refractivity contribution < 1.29 is 4.79 Å². The first-order valence-electron chi connectivity index (χ1n) is 6.37. The highest BCUT2D eigenvalue weighted by Crippen LogP contribution is 2.29. The van der Waals surface area contributed by atoms with E-state index in [2.05, 4.69) is 20.4 Å². The van der Waals surface area contributed by atoms with Crippen LogP contribution in [-0.2, 0) is 0 Å². The Kier molecular flexibility index (Phi) is 3.60. The van der Waals surface area contributed by atoms with Gasteiger partial charge in [-0.3, -0.25) is 9.69 Å². The third-order valence-electron chi connectivity index (χ3n) is 3.58. The molecule has 3 rings (SSSR count). The zero-order valence-corrected chi connectivity index (χ0v) is 11.8. The SMILES string of the molecule is O=C(NC1CCN(C2CC2)C1)c1cc(Cl)nnc1Cl. The summed E-state index contributed by atoms with van der Waals surface area (Å²) in [7, 11) is 0. The summed E-state index contributed by atoms with van der Waals surface area (Å²) in [5.74, 6) is -0.232. The summed E-state index contributed by atoms with van der Waals surface area (Å²) < 4.78 is 0. The summed E-state index contributed by atoms with van der Waals surface area (Å²) >= 11 is 11.6. The van der Waals surface area contributed by atoms with Crippen molar-refractivity contribution in [3.63, 3.8) is 0 Å². The molecular weight excluding hydrogens is 287 g/mol. The van der Waals surface area contributed by atoms with Crippen LogP contribution < -0.4 is 5.32 Å². The molecule has 1 unspecified atom stereocenters. The largest absolute Gasteiger partial charge is 0.348 e. The molecule has 1 aliphatic carbocycles. The summed E-state index contributed by atoms with van der Waals surface area (Å²) in [4.78, 5) is 14.6. The summed E-state index contributed by atoms with van der Waals surface area (Å²) in [5, 5.41) is 10.5. The van der Waals surface area contributed by atoms with Crippen LogP contribution in [0, 0.1) is 0 Å². The van der Waals surface area contributed by atoms with Crippen LogP contribution in [0.4, 0.5) is 0 Å². The molecule has 2 aliphatic rings. The molecule has 0 radical (unpaired) electrons. The van der Waals surface area contributed by atoms with Gasteiger partial charge in [-0.05, 0) is 25.3 Å². The number of carbonyl (C=O) groups is 1. The fraction of sp³-hybridized carbons (Fsp3) is 0.583. The summed E-state index contributed by atoms with van der Waals surface area (Å²) in [5.41, 5.74) is 0.284. The number of aromatic nitrogens is 2. The predicted molar refractivity (Wildman–Crippen MR) is 72.5 cm³/mol. The van der Waals surface area contributed by atoms with Gasteiger partial charge in [0.1, 0.15) is 0 Å². The minimum atomic E-state index is -0.232. The topological polar surface area (TPSA) is 58.1 Å². The molecule has 1 saturated heterocycles. The Bertz CT molecular complexity index is 507. The van der Waals surface area contributed by atoms with Gasteiger partial charge in [-0.15, -0.1) is 10.2 Å². The lowest BCUT2D eigenvalue weighted by atomic mass is 10.2. The van der Waals surface area contributed by atoms with Crippen LogP contribution >= 0.6 is 23.2 Å². The number of likely N-dealkylation sites (tertiary alicyclic amines) is 1. The lowest BCUT2D eigenvalue weighted by molar-refractivity contribution is 0.0937. The third kappa shape index (κ3) is 2.99. The third-order valence-corrected chi connectivity index (χ3v) is 4.05.